The van der Waals surface area contributed by atoms with E-state index in [1.807, 2.05) is 27.7 Å². The van der Waals surface area contributed by atoms with E-state index in [4.69, 9.17) is 0 Å². The lowest BCUT2D eigenvalue weighted by molar-refractivity contribution is 0.0586. The molecule has 0 saturated carbocycles. The highest BCUT2D eigenvalue weighted by Crippen LogP contribution is 2.27. The summed E-state index contributed by atoms with van der Waals surface area (Å²) in [7, 11) is 1.31. The zero-order valence-electron chi connectivity index (χ0n) is 12.7. The van der Waals surface area contributed by atoms with Gasteiger partial charge in [-0.3, -0.25) is 0 Å². The summed E-state index contributed by atoms with van der Waals surface area (Å²) in [4.78, 5) is 25.4. The lowest BCUT2D eigenvalue weighted by Gasteiger charge is -2.14. The number of nitrogens with zero attached hydrogens (tertiary/aromatic N) is 3. The van der Waals surface area contributed by atoms with Crippen LogP contribution < -0.4 is 5.32 Å². The molecular formula is C14H18N4O2S. The van der Waals surface area contributed by atoms with E-state index >= 15 is 0 Å². The van der Waals surface area contributed by atoms with Crippen LogP contribution >= 0.6 is 11.3 Å². The summed E-state index contributed by atoms with van der Waals surface area (Å²) in [6, 6.07) is 1.85. The van der Waals surface area contributed by atoms with Crippen molar-refractivity contribution < 1.29 is 9.53 Å². The third-order valence-corrected chi connectivity index (χ3v) is 4.17. The molecule has 0 aliphatic rings. The van der Waals surface area contributed by atoms with Gasteiger partial charge in [0.05, 0.1) is 23.9 Å². The Kier molecular flexibility index (Phi) is 4.52. The molecule has 1 N–H and O–H groups in total. The molecule has 0 bridgehead atoms. The second-order valence-electron chi connectivity index (χ2n) is 4.76. The molecule has 7 heteroatoms. The van der Waals surface area contributed by atoms with E-state index in [1.165, 1.54) is 7.11 Å². The maximum absolute atomic E-state index is 11.5. The molecule has 0 aromatic carbocycles. The van der Waals surface area contributed by atoms with E-state index in [0.29, 0.717) is 11.5 Å². The minimum absolute atomic E-state index is 0.0518. The van der Waals surface area contributed by atoms with Gasteiger partial charge in [0.2, 0.25) is 5.82 Å². The molecule has 0 spiro atoms. The Balaban J connectivity index is 2.25. The van der Waals surface area contributed by atoms with Crippen molar-refractivity contribution >= 4 is 23.1 Å². The van der Waals surface area contributed by atoms with Crippen molar-refractivity contribution in [1.29, 1.82) is 0 Å². The number of carbonyl (C=O) groups is 1. The monoisotopic (exact) mass is 306 g/mol. The van der Waals surface area contributed by atoms with E-state index in [9.17, 15) is 4.79 Å². The van der Waals surface area contributed by atoms with E-state index in [0.717, 1.165) is 15.6 Å². The number of thiazole rings is 1. The minimum atomic E-state index is -0.542. The molecule has 1 unspecified atom stereocenters. The number of aryl methyl sites for hydroxylation is 3. The number of esters is 1. The third kappa shape index (κ3) is 3.55. The third-order valence-electron chi connectivity index (χ3n) is 2.92. The molecule has 0 amide bonds. The highest BCUT2D eigenvalue weighted by Gasteiger charge is 2.16. The zero-order valence-corrected chi connectivity index (χ0v) is 13.5. The summed E-state index contributed by atoms with van der Waals surface area (Å²) in [5, 5.41) is 4.32. The minimum Gasteiger partial charge on any atom is -0.463 e. The van der Waals surface area contributed by atoms with Gasteiger partial charge < -0.3 is 10.1 Å². The SMILES string of the molecule is COC(=O)c1nc(C)cc(NC(C)c2sc(C)nc2C)n1. The van der Waals surface area contributed by atoms with E-state index in [1.54, 1.807) is 17.4 Å². The van der Waals surface area contributed by atoms with Crippen molar-refractivity contribution in [2.24, 2.45) is 0 Å². The zero-order chi connectivity index (χ0) is 15.6. The largest absolute Gasteiger partial charge is 0.463 e. The molecule has 0 fully saturated rings. The average Bonchev–Trinajstić information content (AvgIpc) is 2.76. The number of nitrogens with one attached hydrogen (secondary N) is 1. The topological polar surface area (TPSA) is 77.0 Å². The van der Waals surface area contributed by atoms with Gasteiger partial charge in [-0.25, -0.2) is 19.7 Å². The van der Waals surface area contributed by atoms with Gasteiger partial charge in [0.15, 0.2) is 0 Å². The van der Waals surface area contributed by atoms with Crippen molar-refractivity contribution in [1.82, 2.24) is 15.0 Å². The molecule has 1 atom stereocenters. The fraction of sp³-hybridized carbons (Fsp3) is 0.429. The van der Waals surface area contributed by atoms with Crippen molar-refractivity contribution in [2.75, 3.05) is 12.4 Å². The Hall–Kier alpha value is -2.02. The number of anilines is 1. The Morgan fingerprint density at radius 3 is 2.57 bits per heavy atom. The van der Waals surface area contributed by atoms with E-state index in [-0.39, 0.29) is 11.9 Å². The van der Waals surface area contributed by atoms with Crippen molar-refractivity contribution in [2.45, 2.75) is 33.7 Å². The summed E-state index contributed by atoms with van der Waals surface area (Å²) in [6.45, 7) is 7.82. The fourth-order valence-electron chi connectivity index (χ4n) is 2.06. The van der Waals surface area contributed by atoms with Gasteiger partial charge in [-0.05, 0) is 27.7 Å². The number of hydrogen-bond acceptors (Lipinski definition) is 7. The predicted molar refractivity (Wildman–Crippen MR) is 81.7 cm³/mol. The smallest absolute Gasteiger partial charge is 0.376 e. The van der Waals surface area contributed by atoms with Crippen LogP contribution in [0.1, 0.15) is 44.9 Å². The second-order valence-corrected chi connectivity index (χ2v) is 5.99. The summed E-state index contributed by atoms with van der Waals surface area (Å²) < 4.78 is 4.66. The van der Waals surface area contributed by atoms with Crippen LogP contribution in [0.25, 0.3) is 0 Å². The number of ether oxygens (including phenoxy) is 1. The Bertz CT molecular complexity index is 669. The number of carbonyl (C=O) groups excluding carboxylic acids is 1. The Morgan fingerprint density at radius 2 is 2.00 bits per heavy atom. The number of methoxy groups -OCH3 is 1. The van der Waals surface area contributed by atoms with Gasteiger partial charge in [-0.15, -0.1) is 11.3 Å². The van der Waals surface area contributed by atoms with Crippen LogP contribution in [0.4, 0.5) is 5.82 Å². The maximum atomic E-state index is 11.5. The summed E-state index contributed by atoms with van der Waals surface area (Å²) in [5.41, 5.74) is 1.72. The van der Waals surface area contributed by atoms with E-state index < -0.39 is 5.97 Å². The van der Waals surface area contributed by atoms with Crippen molar-refractivity contribution in [3.05, 3.63) is 33.2 Å². The van der Waals surface area contributed by atoms with Crippen LogP contribution in [-0.2, 0) is 4.74 Å². The average molecular weight is 306 g/mol. The molecule has 21 heavy (non-hydrogen) atoms. The lowest BCUT2D eigenvalue weighted by Crippen LogP contribution is -2.13. The molecule has 2 heterocycles. The van der Waals surface area contributed by atoms with Crippen LogP contribution in [0.3, 0.4) is 0 Å². The second kappa shape index (κ2) is 6.17. The molecule has 2 aromatic rings. The van der Waals surface area contributed by atoms with Gasteiger partial charge in [-0.2, -0.15) is 0 Å². The highest BCUT2D eigenvalue weighted by molar-refractivity contribution is 7.11. The molecule has 6 nitrogen and oxygen atoms in total. The van der Waals surface area contributed by atoms with Crippen molar-refractivity contribution in [3.63, 3.8) is 0 Å². The molecule has 0 aliphatic heterocycles. The van der Waals surface area contributed by atoms with Gasteiger partial charge in [0, 0.05) is 16.6 Å². The van der Waals surface area contributed by atoms with Crippen LogP contribution in [0.15, 0.2) is 6.07 Å². The first-order valence-electron chi connectivity index (χ1n) is 6.55. The molecule has 0 radical (unpaired) electrons. The normalized spacial score (nSPS) is 12.0. The fourth-order valence-corrected chi connectivity index (χ4v) is 2.99. The van der Waals surface area contributed by atoms with Gasteiger partial charge in [0.25, 0.3) is 0 Å². The molecule has 112 valence electrons. The summed E-state index contributed by atoms with van der Waals surface area (Å²) >= 11 is 1.65. The van der Waals surface area contributed by atoms with E-state index in [2.05, 4.69) is 25.0 Å². The summed E-state index contributed by atoms with van der Waals surface area (Å²) in [5.74, 6) is 0.115. The quantitative estimate of drug-likeness (QED) is 0.875. The van der Waals surface area contributed by atoms with Gasteiger partial charge >= 0.3 is 5.97 Å². The number of hydrogen-bond donors (Lipinski definition) is 1. The van der Waals surface area contributed by atoms with Crippen molar-refractivity contribution in [3.8, 4) is 0 Å². The van der Waals surface area contributed by atoms with Crippen LogP contribution in [0, 0.1) is 20.8 Å². The molecule has 0 aliphatic carbocycles. The number of aromatic nitrogens is 3. The number of rotatable bonds is 4. The Morgan fingerprint density at radius 1 is 1.29 bits per heavy atom. The predicted octanol–water partition coefficient (Wildman–Crippen LogP) is 2.82. The standard InChI is InChI=1S/C14H18N4O2S/c1-7-6-11(18-13(15-7)14(19)20-5)17-9(3)12-8(2)16-10(4)21-12/h6,9H,1-5H3,(H,15,17,18). The molecule has 0 saturated heterocycles. The van der Waals surface area contributed by atoms with Gasteiger partial charge in [-0.1, -0.05) is 0 Å². The first-order valence-corrected chi connectivity index (χ1v) is 7.36. The first-order chi connectivity index (χ1) is 9.90. The lowest BCUT2D eigenvalue weighted by atomic mass is 10.2. The maximum Gasteiger partial charge on any atom is 0.376 e. The van der Waals surface area contributed by atoms with Crippen LogP contribution in [0.5, 0.6) is 0 Å². The van der Waals surface area contributed by atoms with Gasteiger partial charge in [0.1, 0.15) is 5.82 Å². The summed E-state index contributed by atoms with van der Waals surface area (Å²) in [6.07, 6.45) is 0. The Labute approximate surface area is 127 Å². The highest BCUT2D eigenvalue weighted by atomic mass is 32.1. The molecule has 2 aromatic heterocycles. The first kappa shape index (κ1) is 15.4. The molecular weight excluding hydrogens is 288 g/mol. The molecule has 2 rings (SSSR count). The van der Waals surface area contributed by atoms with Crippen LogP contribution in [-0.4, -0.2) is 28.0 Å². The van der Waals surface area contributed by atoms with Crippen LogP contribution in [0.2, 0.25) is 0 Å².